The highest BCUT2D eigenvalue weighted by Crippen LogP contribution is 2.16. The Morgan fingerprint density at radius 1 is 1.10 bits per heavy atom. The maximum Gasteiger partial charge on any atom is 0.387 e. The number of carbonyl (C=O) groups is 1. The number of benzene rings is 2. The van der Waals surface area contributed by atoms with Crippen molar-refractivity contribution in [2.24, 2.45) is 4.99 Å². The lowest BCUT2D eigenvalue weighted by molar-refractivity contribution is -0.0498. The molecule has 8 heteroatoms. The molecule has 1 amide bonds. The molecule has 2 rings (SSSR count). The number of hydrogen-bond donors (Lipinski definition) is 2. The summed E-state index contributed by atoms with van der Waals surface area (Å²) >= 11 is 0. The average Bonchev–Trinajstić information content (AvgIpc) is 2.69. The van der Waals surface area contributed by atoms with Crippen LogP contribution in [0.25, 0.3) is 0 Å². The van der Waals surface area contributed by atoms with E-state index in [2.05, 4.69) is 20.4 Å². The molecule has 0 fully saturated rings. The van der Waals surface area contributed by atoms with Gasteiger partial charge in [-0.1, -0.05) is 24.3 Å². The predicted octanol–water partition coefficient (Wildman–Crippen LogP) is 3.25. The summed E-state index contributed by atoms with van der Waals surface area (Å²) < 4.78 is 29.1. The first kappa shape index (κ1) is 22.1. The maximum atomic E-state index is 12.3. The number of amides is 1. The van der Waals surface area contributed by atoms with Gasteiger partial charge < -0.3 is 20.3 Å². The number of alkyl halides is 2. The highest BCUT2D eigenvalue weighted by Gasteiger charge is 2.08. The fourth-order valence-electron chi connectivity index (χ4n) is 2.54. The van der Waals surface area contributed by atoms with Crippen molar-refractivity contribution in [3.63, 3.8) is 0 Å². The number of hydrogen-bond acceptors (Lipinski definition) is 3. The summed E-state index contributed by atoms with van der Waals surface area (Å²) in [6, 6.07) is 13.8. The van der Waals surface area contributed by atoms with E-state index in [9.17, 15) is 13.6 Å². The van der Waals surface area contributed by atoms with Crippen LogP contribution in [0.15, 0.2) is 53.5 Å². The molecular formula is C21H26F2N4O2. The number of halogens is 2. The Balaban J connectivity index is 1.98. The monoisotopic (exact) mass is 404 g/mol. The molecule has 0 aliphatic rings. The Morgan fingerprint density at radius 2 is 1.83 bits per heavy atom. The van der Waals surface area contributed by atoms with Gasteiger partial charge in [0.1, 0.15) is 5.75 Å². The maximum absolute atomic E-state index is 12.3. The van der Waals surface area contributed by atoms with Gasteiger partial charge in [-0.2, -0.15) is 8.78 Å². The molecule has 0 saturated carbocycles. The largest absolute Gasteiger partial charge is 0.435 e. The third-order valence-corrected chi connectivity index (χ3v) is 3.95. The van der Waals surface area contributed by atoms with Crippen molar-refractivity contribution >= 4 is 11.9 Å². The first-order valence-corrected chi connectivity index (χ1v) is 9.25. The van der Waals surface area contributed by atoms with Crippen molar-refractivity contribution in [3.8, 4) is 5.75 Å². The van der Waals surface area contributed by atoms with Crippen LogP contribution in [0, 0.1) is 0 Å². The van der Waals surface area contributed by atoms with Crippen LogP contribution >= 0.6 is 0 Å². The van der Waals surface area contributed by atoms with Crippen molar-refractivity contribution < 1.29 is 18.3 Å². The Bertz CT molecular complexity index is 824. The highest BCUT2D eigenvalue weighted by atomic mass is 19.3. The van der Waals surface area contributed by atoms with Gasteiger partial charge in [0.15, 0.2) is 5.96 Å². The minimum atomic E-state index is -2.85. The van der Waals surface area contributed by atoms with Crippen molar-refractivity contribution in [1.29, 1.82) is 0 Å². The molecule has 156 valence electrons. The van der Waals surface area contributed by atoms with Gasteiger partial charge in [0.25, 0.3) is 5.91 Å². The summed E-state index contributed by atoms with van der Waals surface area (Å²) in [5.74, 6) is 0.664. The van der Waals surface area contributed by atoms with Crippen LogP contribution in [0.4, 0.5) is 8.78 Å². The van der Waals surface area contributed by atoms with E-state index in [0.29, 0.717) is 31.2 Å². The van der Waals surface area contributed by atoms with Gasteiger partial charge in [-0.25, -0.2) is 4.99 Å². The van der Waals surface area contributed by atoms with Crippen LogP contribution in [-0.4, -0.2) is 44.0 Å². The fraction of sp³-hybridized carbons (Fsp3) is 0.333. The van der Waals surface area contributed by atoms with E-state index in [0.717, 1.165) is 11.1 Å². The van der Waals surface area contributed by atoms with Crippen molar-refractivity contribution in [1.82, 2.24) is 15.5 Å². The van der Waals surface area contributed by atoms with Crippen LogP contribution in [0.1, 0.15) is 28.4 Å². The second-order valence-electron chi connectivity index (χ2n) is 6.47. The third kappa shape index (κ3) is 7.40. The van der Waals surface area contributed by atoms with E-state index in [-0.39, 0.29) is 11.7 Å². The Labute approximate surface area is 169 Å². The molecule has 0 aliphatic carbocycles. The van der Waals surface area contributed by atoms with Crippen LogP contribution in [0.2, 0.25) is 0 Å². The fourth-order valence-corrected chi connectivity index (χ4v) is 2.54. The molecule has 29 heavy (non-hydrogen) atoms. The lowest BCUT2D eigenvalue weighted by atomic mass is 10.1. The molecule has 2 aromatic carbocycles. The Kier molecular flexibility index (Phi) is 8.39. The van der Waals surface area contributed by atoms with Gasteiger partial charge in [-0.05, 0) is 42.3 Å². The smallest absolute Gasteiger partial charge is 0.387 e. The van der Waals surface area contributed by atoms with Gasteiger partial charge in [-0.3, -0.25) is 4.79 Å². The molecule has 0 saturated heterocycles. The first-order valence-electron chi connectivity index (χ1n) is 9.25. The number of carbonyl (C=O) groups excluding carboxylic acids is 1. The van der Waals surface area contributed by atoms with Gasteiger partial charge in [-0.15, -0.1) is 0 Å². The van der Waals surface area contributed by atoms with Gasteiger partial charge >= 0.3 is 6.61 Å². The van der Waals surface area contributed by atoms with E-state index in [4.69, 9.17) is 0 Å². The van der Waals surface area contributed by atoms with Crippen LogP contribution in [0.5, 0.6) is 5.75 Å². The average molecular weight is 404 g/mol. The summed E-state index contributed by atoms with van der Waals surface area (Å²) in [4.78, 5) is 18.0. The van der Waals surface area contributed by atoms with E-state index in [1.807, 2.05) is 19.1 Å². The molecule has 0 radical (unpaired) electrons. The highest BCUT2D eigenvalue weighted by molar-refractivity contribution is 5.93. The zero-order chi connectivity index (χ0) is 21.2. The third-order valence-electron chi connectivity index (χ3n) is 3.95. The molecule has 0 aromatic heterocycles. The number of ether oxygens (including phenoxy) is 1. The van der Waals surface area contributed by atoms with Gasteiger partial charge in [0, 0.05) is 32.7 Å². The van der Waals surface area contributed by atoms with E-state index in [1.54, 1.807) is 44.4 Å². The number of guanidine groups is 1. The second-order valence-corrected chi connectivity index (χ2v) is 6.47. The quantitative estimate of drug-likeness (QED) is 0.524. The SMILES string of the molecule is CCNC(=NCc1cccc(OC(F)F)c1)NCc1ccc(C(=O)N(C)C)cc1. The number of nitrogens with one attached hydrogen (secondary N) is 2. The van der Waals surface area contributed by atoms with Crippen molar-refractivity contribution in [2.45, 2.75) is 26.6 Å². The molecule has 0 bridgehead atoms. The number of nitrogens with zero attached hydrogens (tertiary/aromatic N) is 2. The second kappa shape index (κ2) is 11.0. The van der Waals surface area contributed by atoms with Gasteiger partial charge in [0.05, 0.1) is 6.54 Å². The van der Waals surface area contributed by atoms with Gasteiger partial charge in [0.2, 0.25) is 0 Å². The predicted molar refractivity (Wildman–Crippen MR) is 109 cm³/mol. The Morgan fingerprint density at radius 3 is 2.45 bits per heavy atom. The molecular weight excluding hydrogens is 378 g/mol. The molecule has 6 nitrogen and oxygen atoms in total. The Hall–Kier alpha value is -3.16. The molecule has 2 N–H and O–H groups in total. The summed E-state index contributed by atoms with van der Waals surface area (Å²) in [7, 11) is 3.43. The van der Waals surface area contributed by atoms with E-state index in [1.165, 1.54) is 11.0 Å². The normalized spacial score (nSPS) is 11.3. The van der Waals surface area contributed by atoms with E-state index >= 15 is 0 Å². The number of rotatable bonds is 8. The minimum Gasteiger partial charge on any atom is -0.435 e. The molecule has 0 unspecified atom stereocenters. The van der Waals surface area contributed by atoms with Crippen LogP contribution < -0.4 is 15.4 Å². The topological polar surface area (TPSA) is 66.0 Å². The molecule has 0 aliphatic heterocycles. The zero-order valence-electron chi connectivity index (χ0n) is 16.8. The first-order chi connectivity index (χ1) is 13.9. The van der Waals surface area contributed by atoms with Crippen molar-refractivity contribution in [3.05, 3.63) is 65.2 Å². The molecule has 0 atom stereocenters. The summed E-state index contributed by atoms with van der Waals surface area (Å²) in [5, 5.41) is 6.36. The minimum absolute atomic E-state index is 0.0440. The van der Waals surface area contributed by atoms with Crippen LogP contribution in [0.3, 0.4) is 0 Å². The molecule has 0 spiro atoms. The molecule has 0 heterocycles. The standard InChI is InChI=1S/C21H26F2N4O2/c1-4-24-21(26-14-16-6-5-7-18(12-16)29-20(22)23)25-13-15-8-10-17(11-9-15)19(28)27(2)3/h5-12,20H,4,13-14H2,1-3H3,(H2,24,25,26). The van der Waals surface area contributed by atoms with Crippen LogP contribution in [-0.2, 0) is 13.1 Å². The lowest BCUT2D eigenvalue weighted by Gasteiger charge is -2.13. The zero-order valence-corrected chi connectivity index (χ0v) is 16.8. The number of aliphatic imine (C=N–C) groups is 1. The molecule has 2 aromatic rings. The lowest BCUT2D eigenvalue weighted by Crippen LogP contribution is -2.36. The summed E-state index contributed by atoms with van der Waals surface area (Å²) in [6.45, 7) is 0.613. The van der Waals surface area contributed by atoms with Crippen molar-refractivity contribution in [2.75, 3.05) is 20.6 Å². The summed E-state index contributed by atoms with van der Waals surface area (Å²) in [5.41, 5.74) is 2.38. The summed E-state index contributed by atoms with van der Waals surface area (Å²) in [6.07, 6.45) is 0. The van der Waals surface area contributed by atoms with E-state index < -0.39 is 6.61 Å².